The van der Waals surface area contributed by atoms with Crippen molar-refractivity contribution in [3.8, 4) is 5.75 Å². The molecule has 0 saturated carbocycles. The molecule has 0 unspecified atom stereocenters. The number of nitrogens with one attached hydrogen (secondary N) is 1. The molecule has 6 heteroatoms. The van der Waals surface area contributed by atoms with Gasteiger partial charge < -0.3 is 14.8 Å². The van der Waals surface area contributed by atoms with Crippen LogP contribution >= 0.6 is 0 Å². The van der Waals surface area contributed by atoms with Gasteiger partial charge in [-0.15, -0.1) is 0 Å². The second-order valence-corrected chi connectivity index (χ2v) is 5.69. The Bertz CT molecular complexity index is 642. The van der Waals surface area contributed by atoms with Gasteiger partial charge in [0.25, 0.3) is 5.56 Å². The van der Waals surface area contributed by atoms with E-state index in [1.807, 2.05) is 13.8 Å². The quantitative estimate of drug-likeness (QED) is 0.798. The number of carbonyl (C=O) groups is 2. The monoisotopic (exact) mass is 279 g/mol. The van der Waals surface area contributed by atoms with Gasteiger partial charge in [0, 0.05) is 12.1 Å². The molecular weight excluding hydrogens is 262 g/mol. The third kappa shape index (κ3) is 2.33. The molecule has 1 aliphatic rings. The standard InChI is InChI=1S/C14H17NO5/c1-4-20-13(19)10-11(17)9-7(15-12(10)18)5-14(2,3)6-8(9)16/h4-6H2,1-3H3,(H2,15,17,18). The van der Waals surface area contributed by atoms with Crippen LogP contribution < -0.4 is 5.56 Å². The first-order valence-electron chi connectivity index (χ1n) is 6.45. The van der Waals surface area contributed by atoms with Crippen LogP contribution in [-0.2, 0) is 11.2 Å². The molecule has 0 aromatic carbocycles. The van der Waals surface area contributed by atoms with Crippen LogP contribution in [-0.4, -0.2) is 28.4 Å². The number of aromatic amines is 1. The number of rotatable bonds is 2. The first-order chi connectivity index (χ1) is 9.26. The summed E-state index contributed by atoms with van der Waals surface area (Å²) in [5.74, 6) is -1.77. The highest BCUT2D eigenvalue weighted by Crippen LogP contribution is 2.37. The van der Waals surface area contributed by atoms with Crippen LogP contribution in [0.3, 0.4) is 0 Å². The fraction of sp³-hybridized carbons (Fsp3) is 0.500. The Morgan fingerprint density at radius 3 is 2.60 bits per heavy atom. The topological polar surface area (TPSA) is 96.5 Å². The van der Waals surface area contributed by atoms with E-state index >= 15 is 0 Å². The smallest absolute Gasteiger partial charge is 0.347 e. The Hall–Kier alpha value is -2.11. The number of H-pyrrole nitrogens is 1. The number of aromatic hydroxyl groups is 1. The van der Waals surface area contributed by atoms with Crippen LogP contribution in [0, 0.1) is 5.41 Å². The van der Waals surface area contributed by atoms with Crippen molar-refractivity contribution in [3.63, 3.8) is 0 Å². The van der Waals surface area contributed by atoms with E-state index in [1.165, 1.54) is 0 Å². The molecule has 2 N–H and O–H groups in total. The molecule has 20 heavy (non-hydrogen) atoms. The number of hydrogen-bond acceptors (Lipinski definition) is 5. The van der Waals surface area contributed by atoms with E-state index in [-0.39, 0.29) is 29.8 Å². The zero-order valence-electron chi connectivity index (χ0n) is 11.7. The van der Waals surface area contributed by atoms with Crippen molar-refractivity contribution in [3.05, 3.63) is 27.2 Å². The minimum absolute atomic E-state index is 0.0342. The van der Waals surface area contributed by atoms with E-state index in [0.29, 0.717) is 12.1 Å². The minimum Gasteiger partial charge on any atom is -0.506 e. The fourth-order valence-electron chi connectivity index (χ4n) is 2.53. The summed E-state index contributed by atoms with van der Waals surface area (Å²) in [5.41, 5.74) is -1.11. The van der Waals surface area contributed by atoms with Gasteiger partial charge in [0.15, 0.2) is 11.3 Å². The lowest BCUT2D eigenvalue weighted by Gasteiger charge is -2.30. The molecule has 1 aromatic rings. The Morgan fingerprint density at radius 1 is 1.35 bits per heavy atom. The van der Waals surface area contributed by atoms with Crippen molar-refractivity contribution in [2.75, 3.05) is 6.61 Å². The minimum atomic E-state index is -0.924. The number of ether oxygens (including phenoxy) is 1. The summed E-state index contributed by atoms with van der Waals surface area (Å²) in [6.07, 6.45) is 0.710. The second kappa shape index (κ2) is 4.77. The average Bonchev–Trinajstić information content (AvgIpc) is 2.25. The molecule has 0 radical (unpaired) electrons. The molecule has 108 valence electrons. The zero-order valence-corrected chi connectivity index (χ0v) is 11.7. The first kappa shape index (κ1) is 14.3. The summed E-state index contributed by atoms with van der Waals surface area (Å²) in [6.45, 7) is 5.48. The summed E-state index contributed by atoms with van der Waals surface area (Å²) in [7, 11) is 0. The number of aromatic nitrogens is 1. The number of Topliss-reactive ketones (excluding diaryl/α,β-unsaturated/α-hetero) is 1. The molecule has 1 heterocycles. The molecule has 0 spiro atoms. The van der Waals surface area contributed by atoms with Gasteiger partial charge in [-0.3, -0.25) is 9.59 Å². The number of pyridine rings is 1. The van der Waals surface area contributed by atoms with Crippen molar-refractivity contribution in [2.45, 2.75) is 33.6 Å². The molecule has 0 bridgehead atoms. The van der Waals surface area contributed by atoms with Crippen molar-refractivity contribution >= 4 is 11.8 Å². The predicted octanol–water partition coefficient (Wildman–Crippen LogP) is 1.41. The van der Waals surface area contributed by atoms with E-state index < -0.39 is 22.8 Å². The molecule has 1 aliphatic carbocycles. The molecule has 0 fully saturated rings. The van der Waals surface area contributed by atoms with Crippen LogP contribution in [0.4, 0.5) is 0 Å². The van der Waals surface area contributed by atoms with E-state index in [4.69, 9.17) is 4.74 Å². The Kier molecular flexibility index (Phi) is 3.41. The van der Waals surface area contributed by atoms with Gasteiger partial charge in [-0.1, -0.05) is 13.8 Å². The van der Waals surface area contributed by atoms with Crippen LogP contribution in [0.1, 0.15) is 53.6 Å². The Balaban J connectivity index is 2.63. The van der Waals surface area contributed by atoms with Crippen LogP contribution in [0.5, 0.6) is 5.75 Å². The summed E-state index contributed by atoms with van der Waals surface area (Å²) < 4.78 is 4.73. The van der Waals surface area contributed by atoms with Gasteiger partial charge in [0.05, 0.1) is 12.2 Å². The maximum absolute atomic E-state index is 12.1. The highest BCUT2D eigenvalue weighted by molar-refractivity contribution is 6.04. The first-order valence-corrected chi connectivity index (χ1v) is 6.45. The lowest BCUT2D eigenvalue weighted by molar-refractivity contribution is 0.0520. The lowest BCUT2D eigenvalue weighted by atomic mass is 9.75. The number of ketones is 1. The molecule has 6 nitrogen and oxygen atoms in total. The van der Waals surface area contributed by atoms with Crippen molar-refractivity contribution in [1.82, 2.24) is 4.98 Å². The third-order valence-corrected chi connectivity index (χ3v) is 3.32. The van der Waals surface area contributed by atoms with Gasteiger partial charge in [0.1, 0.15) is 5.75 Å². The molecule has 0 aliphatic heterocycles. The SMILES string of the molecule is CCOC(=O)c1c(O)c2c([nH]c1=O)CC(C)(C)CC2=O. The van der Waals surface area contributed by atoms with E-state index in [2.05, 4.69) is 4.98 Å². The average molecular weight is 279 g/mol. The summed E-state index contributed by atoms with van der Waals surface area (Å²) in [5, 5.41) is 10.1. The number of esters is 1. The lowest BCUT2D eigenvalue weighted by Crippen LogP contribution is -2.32. The van der Waals surface area contributed by atoms with Crippen molar-refractivity contribution < 1.29 is 19.4 Å². The fourth-order valence-corrected chi connectivity index (χ4v) is 2.53. The van der Waals surface area contributed by atoms with E-state index in [9.17, 15) is 19.5 Å². The van der Waals surface area contributed by atoms with Gasteiger partial charge in [-0.25, -0.2) is 4.79 Å². The predicted molar refractivity (Wildman–Crippen MR) is 71.1 cm³/mol. The van der Waals surface area contributed by atoms with Crippen LogP contribution in [0.15, 0.2) is 4.79 Å². The molecule has 0 saturated heterocycles. The Morgan fingerprint density at radius 2 is 2.00 bits per heavy atom. The highest BCUT2D eigenvalue weighted by atomic mass is 16.5. The summed E-state index contributed by atoms with van der Waals surface area (Å²) in [4.78, 5) is 38.3. The largest absolute Gasteiger partial charge is 0.506 e. The third-order valence-electron chi connectivity index (χ3n) is 3.32. The van der Waals surface area contributed by atoms with Gasteiger partial charge in [0.2, 0.25) is 0 Å². The maximum atomic E-state index is 12.1. The van der Waals surface area contributed by atoms with Crippen LogP contribution in [0.2, 0.25) is 0 Å². The number of hydrogen-bond donors (Lipinski definition) is 2. The van der Waals surface area contributed by atoms with Gasteiger partial charge >= 0.3 is 5.97 Å². The Labute approximate surface area is 115 Å². The number of fused-ring (bicyclic) bond motifs is 1. The molecule has 1 aromatic heterocycles. The molecule has 0 atom stereocenters. The van der Waals surface area contributed by atoms with Crippen molar-refractivity contribution in [2.24, 2.45) is 5.41 Å². The number of carbonyl (C=O) groups excluding carboxylic acids is 2. The maximum Gasteiger partial charge on any atom is 0.347 e. The molecule has 0 amide bonds. The zero-order chi connectivity index (χ0) is 15.1. The van der Waals surface area contributed by atoms with E-state index in [0.717, 1.165) is 0 Å². The van der Waals surface area contributed by atoms with Crippen LogP contribution in [0.25, 0.3) is 0 Å². The summed E-state index contributed by atoms with van der Waals surface area (Å²) in [6, 6.07) is 0. The normalized spacial score (nSPS) is 16.6. The molecular formula is C14H17NO5. The highest BCUT2D eigenvalue weighted by Gasteiger charge is 2.36. The molecule has 2 rings (SSSR count). The van der Waals surface area contributed by atoms with E-state index in [1.54, 1.807) is 6.92 Å². The summed E-state index contributed by atoms with van der Waals surface area (Å²) >= 11 is 0. The second-order valence-electron chi connectivity index (χ2n) is 5.69. The van der Waals surface area contributed by atoms with Crippen molar-refractivity contribution in [1.29, 1.82) is 0 Å². The van der Waals surface area contributed by atoms with Gasteiger partial charge in [-0.05, 0) is 18.8 Å². The van der Waals surface area contributed by atoms with Gasteiger partial charge in [-0.2, -0.15) is 0 Å².